The zero-order valence-electron chi connectivity index (χ0n) is 5.51. The molecule has 1 rings (SSSR count). The summed E-state index contributed by atoms with van der Waals surface area (Å²) in [5, 5.41) is 0.335. The van der Waals surface area contributed by atoms with Crippen LogP contribution in [0.2, 0.25) is 5.15 Å². The van der Waals surface area contributed by atoms with Crippen molar-refractivity contribution in [2.75, 3.05) is 0 Å². The van der Waals surface area contributed by atoms with Gasteiger partial charge in [-0.15, -0.1) is 0 Å². The Kier molecular flexibility index (Phi) is 2.22. The minimum atomic E-state index is -1.04. The van der Waals surface area contributed by atoms with E-state index in [-0.39, 0.29) is 0 Å². The van der Waals surface area contributed by atoms with Crippen LogP contribution in [0.5, 0.6) is 0 Å². The molecule has 0 aliphatic heterocycles. The first kappa shape index (κ1) is 7.48. The maximum atomic E-state index is 12.5. The fraction of sp³-hybridized carbons (Fsp3) is 0.286. The number of nitrogens with zero attached hydrogens (tertiary/aromatic N) is 1. The monoisotopic (exact) mass is 159 g/mol. The average molecular weight is 160 g/mol. The van der Waals surface area contributed by atoms with E-state index in [1.807, 2.05) is 0 Å². The molecule has 0 bridgehead atoms. The molecule has 0 aliphatic rings. The summed E-state index contributed by atoms with van der Waals surface area (Å²) in [4.78, 5) is 3.76. The molecule has 0 aliphatic carbocycles. The highest BCUT2D eigenvalue weighted by Crippen LogP contribution is 2.15. The van der Waals surface area contributed by atoms with Crippen molar-refractivity contribution in [3.63, 3.8) is 0 Å². The molecule has 0 N–H and O–H groups in total. The molecule has 0 aromatic carbocycles. The van der Waals surface area contributed by atoms with Crippen molar-refractivity contribution < 1.29 is 4.39 Å². The van der Waals surface area contributed by atoms with Gasteiger partial charge in [0.2, 0.25) is 0 Å². The van der Waals surface area contributed by atoms with Crippen LogP contribution in [-0.2, 0) is 0 Å². The lowest BCUT2D eigenvalue weighted by atomic mass is 10.3. The Morgan fingerprint density at radius 1 is 1.60 bits per heavy atom. The van der Waals surface area contributed by atoms with Crippen LogP contribution in [0.25, 0.3) is 0 Å². The second-order valence-electron chi connectivity index (χ2n) is 2.00. The molecule has 3 heteroatoms. The van der Waals surface area contributed by atoms with E-state index in [2.05, 4.69) is 4.98 Å². The van der Waals surface area contributed by atoms with Crippen molar-refractivity contribution in [1.29, 1.82) is 0 Å². The SMILES string of the molecule is CC(F)c1cccc(Cl)n1. The second-order valence-corrected chi connectivity index (χ2v) is 2.39. The van der Waals surface area contributed by atoms with Crippen molar-refractivity contribution in [1.82, 2.24) is 4.98 Å². The third-order valence-electron chi connectivity index (χ3n) is 1.14. The minimum absolute atomic E-state index is 0.335. The van der Waals surface area contributed by atoms with Gasteiger partial charge < -0.3 is 0 Å². The molecule has 0 saturated heterocycles. The summed E-state index contributed by atoms with van der Waals surface area (Å²) in [5.74, 6) is 0. The van der Waals surface area contributed by atoms with Gasteiger partial charge in [-0.25, -0.2) is 9.37 Å². The normalized spacial score (nSPS) is 13.1. The van der Waals surface area contributed by atoms with E-state index < -0.39 is 6.17 Å². The van der Waals surface area contributed by atoms with Gasteiger partial charge in [-0.2, -0.15) is 0 Å². The molecular formula is C7H7ClFN. The zero-order chi connectivity index (χ0) is 7.56. The summed E-state index contributed by atoms with van der Waals surface area (Å²) < 4.78 is 12.5. The third-order valence-corrected chi connectivity index (χ3v) is 1.35. The molecule has 0 saturated carbocycles. The van der Waals surface area contributed by atoms with E-state index in [9.17, 15) is 4.39 Å². The van der Waals surface area contributed by atoms with Crippen LogP contribution < -0.4 is 0 Å². The lowest BCUT2D eigenvalue weighted by Crippen LogP contribution is -1.89. The fourth-order valence-electron chi connectivity index (χ4n) is 0.646. The van der Waals surface area contributed by atoms with Gasteiger partial charge in [0.25, 0.3) is 0 Å². The second kappa shape index (κ2) is 2.97. The smallest absolute Gasteiger partial charge is 0.139 e. The molecule has 0 fully saturated rings. The largest absolute Gasteiger partial charge is 0.241 e. The van der Waals surface area contributed by atoms with Gasteiger partial charge in [-0.1, -0.05) is 17.7 Å². The molecule has 1 nitrogen and oxygen atoms in total. The maximum Gasteiger partial charge on any atom is 0.139 e. The van der Waals surface area contributed by atoms with E-state index in [4.69, 9.17) is 11.6 Å². The number of hydrogen-bond donors (Lipinski definition) is 0. The van der Waals surface area contributed by atoms with E-state index in [1.165, 1.54) is 6.92 Å². The van der Waals surface area contributed by atoms with Crippen LogP contribution in [0.3, 0.4) is 0 Å². The van der Waals surface area contributed by atoms with Gasteiger partial charge >= 0.3 is 0 Å². The molecule has 1 aromatic rings. The predicted octanol–water partition coefficient (Wildman–Crippen LogP) is 2.77. The average Bonchev–Trinajstić information content (AvgIpc) is 1.88. The maximum absolute atomic E-state index is 12.5. The Morgan fingerprint density at radius 2 is 2.30 bits per heavy atom. The third kappa shape index (κ3) is 1.67. The first-order valence-electron chi connectivity index (χ1n) is 2.96. The molecule has 1 aromatic heterocycles. The highest BCUT2D eigenvalue weighted by Gasteiger charge is 2.02. The van der Waals surface area contributed by atoms with Crippen LogP contribution in [0.1, 0.15) is 18.8 Å². The summed E-state index contributed by atoms with van der Waals surface area (Å²) in [6.07, 6.45) is -1.04. The topological polar surface area (TPSA) is 12.9 Å². The van der Waals surface area contributed by atoms with Gasteiger partial charge in [0, 0.05) is 0 Å². The van der Waals surface area contributed by atoms with Gasteiger partial charge in [-0.3, -0.25) is 0 Å². The molecule has 0 amide bonds. The van der Waals surface area contributed by atoms with Gasteiger partial charge in [0.1, 0.15) is 11.3 Å². The minimum Gasteiger partial charge on any atom is -0.241 e. The van der Waals surface area contributed by atoms with Crippen LogP contribution in [0.15, 0.2) is 18.2 Å². The van der Waals surface area contributed by atoms with E-state index >= 15 is 0 Å². The molecule has 54 valence electrons. The zero-order valence-corrected chi connectivity index (χ0v) is 6.27. The van der Waals surface area contributed by atoms with Crippen LogP contribution in [0.4, 0.5) is 4.39 Å². The number of alkyl halides is 1. The standard InChI is InChI=1S/C7H7ClFN/c1-5(9)6-3-2-4-7(8)10-6/h2-5H,1H3. The Hall–Kier alpha value is -0.630. The number of halogens is 2. The molecule has 10 heavy (non-hydrogen) atoms. The summed E-state index contributed by atoms with van der Waals surface area (Å²) in [6, 6.07) is 4.91. The summed E-state index contributed by atoms with van der Waals surface area (Å²) in [6.45, 7) is 1.43. The van der Waals surface area contributed by atoms with E-state index in [0.717, 1.165) is 0 Å². The first-order chi connectivity index (χ1) is 4.70. The van der Waals surface area contributed by atoms with E-state index in [0.29, 0.717) is 10.8 Å². The van der Waals surface area contributed by atoms with Crippen molar-refractivity contribution in [2.24, 2.45) is 0 Å². The van der Waals surface area contributed by atoms with Crippen LogP contribution in [-0.4, -0.2) is 4.98 Å². The Balaban J connectivity index is 2.96. The van der Waals surface area contributed by atoms with Crippen molar-refractivity contribution >= 4 is 11.6 Å². The fourth-order valence-corrected chi connectivity index (χ4v) is 0.816. The molecular weight excluding hydrogens is 153 g/mol. The van der Waals surface area contributed by atoms with E-state index in [1.54, 1.807) is 18.2 Å². The Morgan fingerprint density at radius 3 is 2.70 bits per heavy atom. The molecule has 0 radical (unpaired) electrons. The summed E-state index contributed by atoms with van der Waals surface area (Å²) in [7, 11) is 0. The molecule has 1 atom stereocenters. The van der Waals surface area contributed by atoms with Crippen molar-refractivity contribution in [3.05, 3.63) is 29.0 Å². The Labute approximate surface area is 63.8 Å². The molecule has 1 unspecified atom stereocenters. The summed E-state index contributed by atoms with van der Waals surface area (Å²) >= 11 is 5.51. The van der Waals surface area contributed by atoms with Crippen molar-refractivity contribution in [3.8, 4) is 0 Å². The quantitative estimate of drug-likeness (QED) is 0.575. The van der Waals surface area contributed by atoms with Gasteiger partial charge in [-0.05, 0) is 19.1 Å². The number of aromatic nitrogens is 1. The lowest BCUT2D eigenvalue weighted by Gasteiger charge is -1.99. The van der Waals surface area contributed by atoms with Gasteiger partial charge in [0.15, 0.2) is 0 Å². The number of pyridine rings is 1. The Bertz CT molecular complexity index is 225. The summed E-state index contributed by atoms with van der Waals surface area (Å²) in [5.41, 5.74) is 0.382. The highest BCUT2D eigenvalue weighted by molar-refractivity contribution is 6.29. The number of hydrogen-bond acceptors (Lipinski definition) is 1. The molecule has 1 heterocycles. The molecule has 0 spiro atoms. The highest BCUT2D eigenvalue weighted by atomic mass is 35.5. The first-order valence-corrected chi connectivity index (χ1v) is 3.34. The van der Waals surface area contributed by atoms with Crippen LogP contribution in [0, 0.1) is 0 Å². The van der Waals surface area contributed by atoms with Crippen molar-refractivity contribution in [2.45, 2.75) is 13.1 Å². The predicted molar refractivity (Wildman–Crippen MR) is 38.8 cm³/mol. The van der Waals surface area contributed by atoms with Crippen LogP contribution >= 0.6 is 11.6 Å². The van der Waals surface area contributed by atoms with Gasteiger partial charge in [0.05, 0.1) is 5.69 Å². The number of rotatable bonds is 1. The lowest BCUT2D eigenvalue weighted by molar-refractivity contribution is 0.366.